The Morgan fingerprint density at radius 3 is 2.96 bits per heavy atom. The molecular weight excluding hydrogens is 426 g/mol. The lowest BCUT2D eigenvalue weighted by Crippen LogP contribution is -2.47. The zero-order chi connectivity index (χ0) is 18.8. The number of carbonyl (C=O) groups excluding carboxylic acids is 1. The molecule has 4 rings (SSSR count). The molecule has 0 aromatic carbocycles. The molecule has 2 aliphatic heterocycles. The molecule has 0 spiro atoms. The van der Waals surface area contributed by atoms with Crippen LogP contribution in [0, 0.1) is 0 Å². The van der Waals surface area contributed by atoms with Crippen molar-refractivity contribution in [3.05, 3.63) is 46.6 Å². The molecule has 1 saturated heterocycles. The maximum absolute atomic E-state index is 11.5. The van der Waals surface area contributed by atoms with E-state index in [9.17, 15) is 4.79 Å². The second-order valence-electron chi connectivity index (χ2n) is 6.87. The molecule has 1 aromatic heterocycles. The Morgan fingerprint density at radius 2 is 2.19 bits per heavy atom. The van der Waals surface area contributed by atoms with Crippen LogP contribution in [0.15, 0.2) is 46.0 Å². The zero-order valence-electron chi connectivity index (χ0n) is 15.1. The second kappa shape index (κ2) is 8.16. The van der Waals surface area contributed by atoms with Gasteiger partial charge in [0.05, 0.1) is 11.3 Å². The van der Waals surface area contributed by atoms with Gasteiger partial charge in [-0.2, -0.15) is 0 Å². The van der Waals surface area contributed by atoms with Gasteiger partial charge in [0.15, 0.2) is 5.17 Å². The number of pyridine rings is 1. The first-order chi connectivity index (χ1) is 13.1. The molecule has 2 unspecified atom stereocenters. The van der Waals surface area contributed by atoms with Gasteiger partial charge in [0.2, 0.25) is 5.91 Å². The molecule has 142 valence electrons. The third kappa shape index (κ3) is 4.62. The lowest BCUT2D eigenvalue weighted by molar-refractivity contribution is -0.130. The van der Waals surface area contributed by atoms with E-state index in [0.29, 0.717) is 5.25 Å². The molecule has 27 heavy (non-hydrogen) atoms. The van der Waals surface area contributed by atoms with Gasteiger partial charge in [-0.1, -0.05) is 45.9 Å². The van der Waals surface area contributed by atoms with Crippen LogP contribution in [-0.2, 0) is 11.3 Å². The van der Waals surface area contributed by atoms with Crippen LogP contribution >= 0.6 is 27.7 Å². The fourth-order valence-corrected chi connectivity index (χ4v) is 5.14. The maximum atomic E-state index is 11.5. The van der Waals surface area contributed by atoms with Crippen molar-refractivity contribution in [1.82, 2.24) is 14.8 Å². The highest BCUT2D eigenvalue weighted by molar-refractivity contribution is 9.11. The van der Waals surface area contributed by atoms with Crippen LogP contribution in [0.3, 0.4) is 0 Å². The minimum atomic E-state index is 0.164. The van der Waals surface area contributed by atoms with E-state index in [1.165, 1.54) is 5.56 Å². The topological polar surface area (TPSA) is 60.8 Å². The van der Waals surface area contributed by atoms with Gasteiger partial charge in [0.25, 0.3) is 0 Å². The number of amides is 1. The molecule has 1 N–H and O–H groups in total. The number of nitrogens with one attached hydrogen (secondary N) is 1. The number of halogens is 1. The van der Waals surface area contributed by atoms with Gasteiger partial charge in [0, 0.05) is 50.3 Å². The molecular formula is C19H22BrN5OS. The first-order valence-corrected chi connectivity index (χ1v) is 10.7. The molecule has 0 bridgehead atoms. The highest BCUT2D eigenvalue weighted by Crippen LogP contribution is 2.34. The summed E-state index contributed by atoms with van der Waals surface area (Å²) in [6.07, 6.45) is 8.21. The number of hydrogen-bond donors (Lipinski definition) is 1. The Balaban J connectivity index is 1.35. The molecule has 6 nitrogen and oxygen atoms in total. The largest absolute Gasteiger partial charge is 0.340 e. The van der Waals surface area contributed by atoms with E-state index in [4.69, 9.17) is 4.99 Å². The number of nitrogens with zero attached hydrogens (tertiary/aromatic N) is 4. The van der Waals surface area contributed by atoms with Gasteiger partial charge in [-0.3, -0.25) is 14.7 Å². The average molecular weight is 448 g/mol. The Hall–Kier alpha value is -1.64. The normalized spacial score (nSPS) is 25.0. The van der Waals surface area contributed by atoms with E-state index in [-0.39, 0.29) is 11.9 Å². The number of aromatic nitrogens is 1. The van der Waals surface area contributed by atoms with Crippen molar-refractivity contribution >= 4 is 44.6 Å². The van der Waals surface area contributed by atoms with Crippen LogP contribution in [0.5, 0.6) is 0 Å². The number of piperazine rings is 1. The van der Waals surface area contributed by atoms with Gasteiger partial charge in [-0.15, -0.1) is 0 Å². The predicted octanol–water partition coefficient (Wildman–Crippen LogP) is 2.85. The van der Waals surface area contributed by atoms with Crippen LogP contribution in [0.1, 0.15) is 12.5 Å². The quantitative estimate of drug-likeness (QED) is 0.771. The predicted molar refractivity (Wildman–Crippen MR) is 114 cm³/mol. The summed E-state index contributed by atoms with van der Waals surface area (Å²) in [6, 6.07) is 4.33. The standard InChI is InChI=1S/C19H22BrN5OS/c1-13(26)25-8-6-24(7-9-25)12-14-4-5-21-18(10-14)23-19-22-16-3-2-15(20)11-17(16)27-19/h2-5,10-11,16-17H,6-9,12H2,1H3,(H,21,22,23). The average Bonchev–Trinajstić information content (AvgIpc) is 3.03. The fraction of sp³-hybridized carbons (Fsp3) is 0.421. The Kier molecular flexibility index (Phi) is 5.66. The Bertz CT molecular complexity index is 816. The van der Waals surface area contributed by atoms with Gasteiger partial charge in [-0.25, -0.2) is 4.98 Å². The molecule has 1 aliphatic carbocycles. The third-order valence-electron chi connectivity index (χ3n) is 4.91. The summed E-state index contributed by atoms with van der Waals surface area (Å²) in [4.78, 5) is 24.9. The summed E-state index contributed by atoms with van der Waals surface area (Å²) >= 11 is 5.26. The van der Waals surface area contributed by atoms with E-state index in [0.717, 1.165) is 48.2 Å². The van der Waals surface area contributed by atoms with Crippen molar-refractivity contribution in [3.8, 4) is 0 Å². The lowest BCUT2D eigenvalue weighted by Gasteiger charge is -2.34. The van der Waals surface area contributed by atoms with Crippen LogP contribution in [0.2, 0.25) is 0 Å². The van der Waals surface area contributed by atoms with Crippen molar-refractivity contribution in [1.29, 1.82) is 0 Å². The highest BCUT2D eigenvalue weighted by Gasteiger charge is 2.29. The first kappa shape index (κ1) is 18.7. The van der Waals surface area contributed by atoms with Crippen LogP contribution in [0.4, 0.5) is 5.82 Å². The molecule has 0 radical (unpaired) electrons. The molecule has 8 heteroatoms. The zero-order valence-corrected chi connectivity index (χ0v) is 17.5. The van der Waals surface area contributed by atoms with Crippen LogP contribution < -0.4 is 5.32 Å². The van der Waals surface area contributed by atoms with Gasteiger partial charge >= 0.3 is 0 Å². The third-order valence-corrected chi connectivity index (χ3v) is 6.56. The van der Waals surface area contributed by atoms with Crippen molar-refractivity contribution in [3.63, 3.8) is 0 Å². The minimum absolute atomic E-state index is 0.164. The van der Waals surface area contributed by atoms with E-state index in [1.54, 1.807) is 18.7 Å². The molecule has 1 amide bonds. The van der Waals surface area contributed by atoms with Crippen molar-refractivity contribution in [2.75, 3.05) is 31.5 Å². The number of hydrogen-bond acceptors (Lipinski definition) is 6. The lowest BCUT2D eigenvalue weighted by atomic mass is 10.1. The summed E-state index contributed by atoms with van der Waals surface area (Å²) in [7, 11) is 0. The number of fused-ring (bicyclic) bond motifs is 1. The van der Waals surface area contributed by atoms with Crippen molar-refractivity contribution in [2.24, 2.45) is 4.99 Å². The Morgan fingerprint density at radius 1 is 1.37 bits per heavy atom. The number of amidine groups is 1. The number of carbonyl (C=O) groups is 1. The Labute approximate surface area is 171 Å². The second-order valence-corrected chi connectivity index (χ2v) is 8.96. The van der Waals surface area contributed by atoms with Crippen molar-refractivity contribution < 1.29 is 4.79 Å². The summed E-state index contributed by atoms with van der Waals surface area (Å²) in [6.45, 7) is 5.93. The number of rotatable bonds is 3. The summed E-state index contributed by atoms with van der Waals surface area (Å²) in [5.74, 6) is 0.990. The molecule has 2 atom stereocenters. The van der Waals surface area contributed by atoms with Crippen LogP contribution in [0.25, 0.3) is 0 Å². The van der Waals surface area contributed by atoms with Crippen LogP contribution in [-0.4, -0.2) is 63.3 Å². The number of thioether (sulfide) groups is 1. The number of anilines is 1. The number of aliphatic imine (C=N–C) groups is 1. The molecule has 3 heterocycles. The van der Waals surface area contributed by atoms with Gasteiger partial charge < -0.3 is 10.2 Å². The molecule has 1 aromatic rings. The van der Waals surface area contributed by atoms with E-state index in [2.05, 4.69) is 61.5 Å². The first-order valence-electron chi connectivity index (χ1n) is 9.06. The van der Waals surface area contributed by atoms with Crippen molar-refractivity contribution in [2.45, 2.75) is 24.8 Å². The summed E-state index contributed by atoms with van der Waals surface area (Å²) in [5, 5.41) is 4.61. The highest BCUT2D eigenvalue weighted by atomic mass is 79.9. The van der Waals surface area contributed by atoms with E-state index in [1.807, 2.05) is 11.1 Å². The SMILES string of the molecule is CC(=O)N1CCN(Cc2ccnc(NC3=NC4C=CC(Br)=CC4S3)c2)CC1. The van der Waals surface area contributed by atoms with E-state index < -0.39 is 0 Å². The van der Waals surface area contributed by atoms with Gasteiger partial charge in [-0.05, 0) is 17.7 Å². The smallest absolute Gasteiger partial charge is 0.219 e. The minimum Gasteiger partial charge on any atom is -0.340 e. The summed E-state index contributed by atoms with van der Waals surface area (Å²) in [5.41, 5.74) is 1.22. The molecule has 3 aliphatic rings. The summed E-state index contributed by atoms with van der Waals surface area (Å²) < 4.78 is 1.11. The molecule has 0 saturated carbocycles. The monoisotopic (exact) mass is 447 g/mol. The van der Waals surface area contributed by atoms with E-state index >= 15 is 0 Å². The maximum Gasteiger partial charge on any atom is 0.219 e. The fourth-order valence-electron chi connectivity index (χ4n) is 3.42. The van der Waals surface area contributed by atoms with Gasteiger partial charge in [0.1, 0.15) is 5.82 Å². The number of allylic oxidation sites excluding steroid dienone is 2. The molecule has 1 fully saturated rings.